The van der Waals surface area contributed by atoms with Crippen molar-refractivity contribution >= 4 is 65.0 Å². The highest BCUT2D eigenvalue weighted by molar-refractivity contribution is 6.31. The lowest BCUT2D eigenvalue weighted by atomic mass is 9.99. The number of hydrogen-bond donors (Lipinski definition) is 0. The van der Waals surface area contributed by atoms with E-state index in [9.17, 15) is 0 Å². The van der Waals surface area contributed by atoms with Gasteiger partial charge in [0, 0.05) is 33.1 Å². The van der Waals surface area contributed by atoms with Gasteiger partial charge in [0.05, 0.1) is 22.2 Å². The zero-order valence-electron chi connectivity index (χ0n) is 18.9. The summed E-state index contributed by atoms with van der Waals surface area (Å²) < 4.78 is 2.47. The second-order valence-corrected chi connectivity index (χ2v) is 9.18. The molecule has 6 aromatic carbocycles. The number of para-hydroxylation sites is 1. The summed E-state index contributed by atoms with van der Waals surface area (Å²) >= 11 is 0. The lowest BCUT2D eigenvalue weighted by molar-refractivity contribution is 1.21. The molecule has 0 saturated carbocycles. The minimum absolute atomic E-state index is 1.05. The second-order valence-electron chi connectivity index (χ2n) is 9.18. The van der Waals surface area contributed by atoms with E-state index in [0.717, 1.165) is 5.52 Å². The van der Waals surface area contributed by atoms with Gasteiger partial charge in [0.25, 0.3) is 0 Å². The van der Waals surface area contributed by atoms with Crippen LogP contribution in [0.15, 0.2) is 121 Å². The molecule has 0 bridgehead atoms. The first-order chi connectivity index (χ1) is 17.4. The molecule has 0 fully saturated rings. The Labute approximate surface area is 201 Å². The second kappa shape index (κ2) is 6.91. The van der Waals surface area contributed by atoms with Crippen LogP contribution in [-0.4, -0.2) is 9.55 Å². The normalized spacial score (nSPS) is 12.0. The van der Waals surface area contributed by atoms with Crippen LogP contribution in [0.4, 0.5) is 0 Å². The van der Waals surface area contributed by atoms with Crippen molar-refractivity contribution in [2.24, 2.45) is 0 Å². The molecule has 2 heterocycles. The smallest absolute Gasteiger partial charge is 0.0801 e. The minimum Gasteiger partial charge on any atom is -0.308 e. The van der Waals surface area contributed by atoms with Crippen LogP contribution in [0, 0.1) is 0 Å². The van der Waals surface area contributed by atoms with E-state index in [-0.39, 0.29) is 0 Å². The molecule has 2 heteroatoms. The molecule has 0 saturated heterocycles. The summed E-state index contributed by atoms with van der Waals surface area (Å²) in [5.41, 5.74) is 4.67. The first-order valence-corrected chi connectivity index (χ1v) is 12.0. The highest BCUT2D eigenvalue weighted by Gasteiger charge is 2.20. The van der Waals surface area contributed by atoms with Crippen molar-refractivity contribution in [1.29, 1.82) is 0 Å². The Morgan fingerprint density at radius 1 is 0.486 bits per heavy atom. The van der Waals surface area contributed by atoms with Crippen molar-refractivity contribution in [3.63, 3.8) is 0 Å². The van der Waals surface area contributed by atoms with Crippen LogP contribution in [0.3, 0.4) is 0 Å². The Balaban J connectivity index is 1.71. The van der Waals surface area contributed by atoms with Gasteiger partial charge in [-0.05, 0) is 45.8 Å². The van der Waals surface area contributed by atoms with E-state index >= 15 is 0 Å². The lowest BCUT2D eigenvalue weighted by Crippen LogP contribution is -1.97. The lowest BCUT2D eigenvalue weighted by Gasteiger charge is -2.15. The standard InChI is InChI=1S/C33H20N2/c1-2-11-22-21(10-1)20-30(24-13-4-3-12-23(22)24)35-29-18-8-7-16-27(29)31-25-14-5-6-15-26(25)32-28(33(31)35)17-9-19-34-32/h1-20H. The van der Waals surface area contributed by atoms with Crippen LogP contribution in [0.2, 0.25) is 0 Å². The molecule has 0 aliphatic rings. The minimum atomic E-state index is 1.05. The summed E-state index contributed by atoms with van der Waals surface area (Å²) in [6.45, 7) is 0. The van der Waals surface area contributed by atoms with E-state index in [0.29, 0.717) is 0 Å². The van der Waals surface area contributed by atoms with Crippen molar-refractivity contribution in [3.8, 4) is 5.69 Å². The predicted molar refractivity (Wildman–Crippen MR) is 149 cm³/mol. The zero-order chi connectivity index (χ0) is 22.9. The van der Waals surface area contributed by atoms with Crippen molar-refractivity contribution in [2.75, 3.05) is 0 Å². The van der Waals surface area contributed by atoms with Gasteiger partial charge in [-0.3, -0.25) is 4.98 Å². The maximum absolute atomic E-state index is 4.86. The summed E-state index contributed by atoms with van der Waals surface area (Å²) in [7, 11) is 0. The van der Waals surface area contributed by atoms with Gasteiger partial charge < -0.3 is 4.57 Å². The molecule has 8 aromatic rings. The Hall–Kier alpha value is -4.69. The number of pyridine rings is 1. The molecule has 0 aliphatic carbocycles. The van der Waals surface area contributed by atoms with Gasteiger partial charge in [-0.25, -0.2) is 0 Å². The highest BCUT2D eigenvalue weighted by Crippen LogP contribution is 2.43. The maximum Gasteiger partial charge on any atom is 0.0801 e. The average Bonchev–Trinajstić information content (AvgIpc) is 3.28. The van der Waals surface area contributed by atoms with Crippen molar-refractivity contribution in [1.82, 2.24) is 9.55 Å². The molecule has 0 N–H and O–H groups in total. The molecule has 0 unspecified atom stereocenters. The molecule has 0 aliphatic heterocycles. The fourth-order valence-corrected chi connectivity index (χ4v) is 5.96. The van der Waals surface area contributed by atoms with Crippen LogP contribution in [0.1, 0.15) is 0 Å². The van der Waals surface area contributed by atoms with Gasteiger partial charge in [-0.2, -0.15) is 0 Å². The predicted octanol–water partition coefficient (Wildman–Crippen LogP) is 8.79. The van der Waals surface area contributed by atoms with Crippen LogP contribution >= 0.6 is 0 Å². The zero-order valence-corrected chi connectivity index (χ0v) is 18.9. The van der Waals surface area contributed by atoms with E-state index in [1.807, 2.05) is 6.20 Å². The van der Waals surface area contributed by atoms with E-state index in [4.69, 9.17) is 4.98 Å². The first kappa shape index (κ1) is 18.7. The molecule has 0 amide bonds. The summed E-state index contributed by atoms with van der Waals surface area (Å²) in [5, 5.41) is 11.2. The third kappa shape index (κ3) is 2.46. The van der Waals surface area contributed by atoms with Crippen LogP contribution < -0.4 is 0 Å². The Morgan fingerprint density at radius 2 is 1.11 bits per heavy atom. The maximum atomic E-state index is 4.86. The monoisotopic (exact) mass is 444 g/mol. The number of benzene rings is 6. The quantitative estimate of drug-likeness (QED) is 0.231. The number of rotatable bonds is 1. The van der Waals surface area contributed by atoms with Crippen LogP contribution in [-0.2, 0) is 0 Å². The molecule has 0 spiro atoms. The SMILES string of the molecule is c1ccc2c(c1)cc(-n1c3ccccc3c3c4ccccc4c4ncccc4c31)c1ccccc12. The van der Waals surface area contributed by atoms with Gasteiger partial charge in [0.15, 0.2) is 0 Å². The van der Waals surface area contributed by atoms with Crippen molar-refractivity contribution in [2.45, 2.75) is 0 Å². The number of hydrogen-bond acceptors (Lipinski definition) is 1. The largest absolute Gasteiger partial charge is 0.308 e. The molecule has 162 valence electrons. The Kier molecular flexibility index (Phi) is 3.69. The molecular formula is C33H20N2. The molecule has 2 aromatic heterocycles. The van der Waals surface area contributed by atoms with Crippen LogP contribution in [0.25, 0.3) is 70.7 Å². The first-order valence-electron chi connectivity index (χ1n) is 12.0. The third-order valence-corrected chi connectivity index (χ3v) is 7.38. The Morgan fingerprint density at radius 3 is 1.97 bits per heavy atom. The van der Waals surface area contributed by atoms with Crippen molar-refractivity contribution < 1.29 is 0 Å². The summed E-state index contributed by atoms with van der Waals surface area (Å²) in [6, 6.07) is 41.5. The van der Waals surface area contributed by atoms with Gasteiger partial charge in [0.2, 0.25) is 0 Å². The molecule has 8 rings (SSSR count). The molecule has 0 atom stereocenters. The fraction of sp³-hybridized carbons (Fsp3) is 0. The summed E-state index contributed by atoms with van der Waals surface area (Å²) in [4.78, 5) is 4.86. The van der Waals surface area contributed by atoms with Gasteiger partial charge >= 0.3 is 0 Å². The third-order valence-electron chi connectivity index (χ3n) is 7.38. The fourth-order valence-electron chi connectivity index (χ4n) is 5.96. The summed E-state index contributed by atoms with van der Waals surface area (Å²) in [5.74, 6) is 0. The van der Waals surface area contributed by atoms with Crippen LogP contribution in [0.5, 0.6) is 0 Å². The number of nitrogens with zero attached hydrogens (tertiary/aromatic N) is 2. The van der Waals surface area contributed by atoms with E-state index in [1.54, 1.807) is 0 Å². The molecule has 0 radical (unpaired) electrons. The topological polar surface area (TPSA) is 17.8 Å². The van der Waals surface area contributed by atoms with Crippen molar-refractivity contribution in [3.05, 3.63) is 121 Å². The highest BCUT2D eigenvalue weighted by atomic mass is 15.0. The number of aromatic nitrogens is 2. The Bertz CT molecular complexity index is 2110. The van der Waals surface area contributed by atoms with Gasteiger partial charge in [0.1, 0.15) is 0 Å². The van der Waals surface area contributed by atoms with Gasteiger partial charge in [-0.1, -0.05) is 91.0 Å². The van der Waals surface area contributed by atoms with E-state index in [1.165, 1.54) is 65.2 Å². The van der Waals surface area contributed by atoms with Gasteiger partial charge in [-0.15, -0.1) is 0 Å². The number of fused-ring (bicyclic) bond motifs is 11. The van der Waals surface area contributed by atoms with E-state index < -0.39 is 0 Å². The molecule has 2 nitrogen and oxygen atoms in total. The molecular weight excluding hydrogens is 424 g/mol. The summed E-state index contributed by atoms with van der Waals surface area (Å²) in [6.07, 6.45) is 1.90. The average molecular weight is 445 g/mol. The van der Waals surface area contributed by atoms with E-state index in [2.05, 4.69) is 120 Å². The molecule has 35 heavy (non-hydrogen) atoms.